The van der Waals surface area contributed by atoms with E-state index in [1.54, 1.807) is 0 Å². The molecule has 2 fully saturated rings. The van der Waals surface area contributed by atoms with Gasteiger partial charge in [-0.15, -0.1) is 0 Å². The molecule has 1 amide bonds. The van der Waals surface area contributed by atoms with Crippen LogP contribution in [0.15, 0.2) is 0 Å². The summed E-state index contributed by atoms with van der Waals surface area (Å²) in [5.41, 5.74) is 0.0288. The summed E-state index contributed by atoms with van der Waals surface area (Å²) in [4.78, 5) is 12.6. The zero-order valence-electron chi connectivity index (χ0n) is 12.2. The standard InChI is InChI=1S/C16H28BrNO/c1-13-7-6-10-16(11-13,12-17)18-15(19)14-8-4-2-3-5-9-14/h13-14H,2-12H2,1H3,(H,18,19). The fourth-order valence-electron chi connectivity index (χ4n) is 3.83. The molecule has 19 heavy (non-hydrogen) atoms. The Morgan fingerprint density at radius 3 is 2.42 bits per heavy atom. The zero-order valence-corrected chi connectivity index (χ0v) is 13.8. The fraction of sp³-hybridized carbons (Fsp3) is 0.938. The number of nitrogens with one attached hydrogen (secondary N) is 1. The molecule has 3 heteroatoms. The van der Waals surface area contributed by atoms with Gasteiger partial charge in [-0.3, -0.25) is 4.79 Å². The van der Waals surface area contributed by atoms with Crippen LogP contribution in [0, 0.1) is 11.8 Å². The molecule has 0 aromatic rings. The number of alkyl halides is 1. The molecule has 0 saturated heterocycles. The zero-order chi connectivity index (χ0) is 13.7. The van der Waals surface area contributed by atoms with Gasteiger partial charge in [0.25, 0.3) is 0 Å². The molecule has 0 bridgehead atoms. The Labute approximate surface area is 126 Å². The molecule has 110 valence electrons. The lowest BCUT2D eigenvalue weighted by Gasteiger charge is -2.40. The number of carbonyl (C=O) groups excluding carboxylic acids is 1. The van der Waals surface area contributed by atoms with E-state index in [4.69, 9.17) is 0 Å². The molecule has 0 aromatic heterocycles. The summed E-state index contributed by atoms with van der Waals surface area (Å²) in [5, 5.41) is 4.33. The van der Waals surface area contributed by atoms with Gasteiger partial charge in [0, 0.05) is 16.8 Å². The van der Waals surface area contributed by atoms with Crippen molar-refractivity contribution < 1.29 is 4.79 Å². The van der Waals surface area contributed by atoms with E-state index in [-0.39, 0.29) is 11.5 Å². The van der Waals surface area contributed by atoms with Crippen molar-refractivity contribution in [3.63, 3.8) is 0 Å². The van der Waals surface area contributed by atoms with Crippen LogP contribution >= 0.6 is 15.9 Å². The Morgan fingerprint density at radius 1 is 1.16 bits per heavy atom. The van der Waals surface area contributed by atoms with E-state index in [1.807, 2.05) is 0 Å². The summed E-state index contributed by atoms with van der Waals surface area (Å²) in [6.07, 6.45) is 12.1. The van der Waals surface area contributed by atoms with Gasteiger partial charge in [-0.2, -0.15) is 0 Å². The largest absolute Gasteiger partial charge is 0.350 e. The van der Waals surface area contributed by atoms with Crippen LogP contribution in [0.4, 0.5) is 0 Å². The van der Waals surface area contributed by atoms with Gasteiger partial charge in [-0.25, -0.2) is 0 Å². The number of hydrogen-bond acceptors (Lipinski definition) is 1. The number of halogens is 1. The van der Waals surface area contributed by atoms with Crippen LogP contribution in [0.5, 0.6) is 0 Å². The highest BCUT2D eigenvalue weighted by Crippen LogP contribution is 2.34. The summed E-state index contributed by atoms with van der Waals surface area (Å²) >= 11 is 3.65. The lowest BCUT2D eigenvalue weighted by molar-refractivity contribution is -0.127. The van der Waals surface area contributed by atoms with Gasteiger partial charge in [0.1, 0.15) is 0 Å². The van der Waals surface area contributed by atoms with Gasteiger partial charge in [-0.05, 0) is 31.6 Å². The topological polar surface area (TPSA) is 29.1 Å². The van der Waals surface area contributed by atoms with Gasteiger partial charge in [0.2, 0.25) is 5.91 Å². The average molecular weight is 330 g/mol. The monoisotopic (exact) mass is 329 g/mol. The quantitative estimate of drug-likeness (QED) is 0.602. The normalized spacial score (nSPS) is 33.7. The molecule has 2 saturated carbocycles. The maximum absolute atomic E-state index is 12.6. The number of hydrogen-bond donors (Lipinski definition) is 1. The number of rotatable bonds is 3. The average Bonchev–Trinajstić information content (AvgIpc) is 2.67. The Balaban J connectivity index is 1.94. The second-order valence-corrected chi connectivity index (χ2v) is 7.35. The van der Waals surface area contributed by atoms with Crippen LogP contribution in [0.2, 0.25) is 0 Å². The second kappa shape index (κ2) is 7.10. The van der Waals surface area contributed by atoms with E-state index in [1.165, 1.54) is 38.5 Å². The maximum Gasteiger partial charge on any atom is 0.223 e. The van der Waals surface area contributed by atoms with Gasteiger partial charge in [0.05, 0.1) is 0 Å². The highest BCUT2D eigenvalue weighted by molar-refractivity contribution is 9.09. The summed E-state index contributed by atoms with van der Waals surface area (Å²) in [5.74, 6) is 1.34. The van der Waals surface area contributed by atoms with Crippen molar-refractivity contribution in [2.24, 2.45) is 11.8 Å². The molecule has 0 aliphatic heterocycles. The van der Waals surface area contributed by atoms with Crippen LogP contribution < -0.4 is 5.32 Å². The van der Waals surface area contributed by atoms with E-state index in [0.29, 0.717) is 5.91 Å². The molecule has 0 radical (unpaired) electrons. The Bertz CT molecular complexity index is 299. The molecular weight excluding hydrogens is 302 g/mol. The van der Waals surface area contributed by atoms with Crippen LogP contribution in [0.1, 0.15) is 71.1 Å². The number of amides is 1. The molecule has 1 N–H and O–H groups in total. The van der Waals surface area contributed by atoms with Crippen molar-refractivity contribution >= 4 is 21.8 Å². The summed E-state index contributed by atoms with van der Waals surface area (Å²) < 4.78 is 0. The SMILES string of the molecule is CC1CCCC(CBr)(NC(=O)C2CCCCCC2)C1. The highest BCUT2D eigenvalue weighted by atomic mass is 79.9. The summed E-state index contributed by atoms with van der Waals surface area (Å²) in [6.45, 7) is 2.31. The molecular formula is C16H28BrNO. The van der Waals surface area contributed by atoms with Crippen LogP contribution in [0.3, 0.4) is 0 Å². The minimum Gasteiger partial charge on any atom is -0.350 e. The Morgan fingerprint density at radius 2 is 1.84 bits per heavy atom. The lowest BCUT2D eigenvalue weighted by Crippen LogP contribution is -2.54. The third-order valence-corrected chi connectivity index (χ3v) is 6.03. The Hall–Kier alpha value is -0.0500. The molecule has 2 aliphatic rings. The highest BCUT2D eigenvalue weighted by Gasteiger charge is 2.36. The first kappa shape index (κ1) is 15.3. The van der Waals surface area contributed by atoms with Gasteiger partial charge in [0.15, 0.2) is 0 Å². The predicted octanol–water partition coefficient (Wildman–Crippen LogP) is 4.42. The van der Waals surface area contributed by atoms with Gasteiger partial charge >= 0.3 is 0 Å². The first-order chi connectivity index (χ1) is 9.15. The minimum absolute atomic E-state index is 0.0288. The smallest absolute Gasteiger partial charge is 0.223 e. The van der Waals surface area contributed by atoms with Gasteiger partial charge in [-0.1, -0.05) is 61.4 Å². The van der Waals surface area contributed by atoms with Gasteiger partial charge < -0.3 is 5.32 Å². The first-order valence-corrected chi connectivity index (χ1v) is 9.15. The van der Waals surface area contributed by atoms with E-state index in [0.717, 1.165) is 36.9 Å². The molecule has 2 rings (SSSR count). The molecule has 2 atom stereocenters. The minimum atomic E-state index is 0.0288. The predicted molar refractivity (Wildman–Crippen MR) is 83.5 cm³/mol. The van der Waals surface area contributed by atoms with Crippen molar-refractivity contribution in [2.75, 3.05) is 5.33 Å². The van der Waals surface area contributed by atoms with E-state index >= 15 is 0 Å². The third-order valence-electron chi connectivity index (χ3n) is 4.96. The van der Waals surface area contributed by atoms with E-state index in [2.05, 4.69) is 28.2 Å². The summed E-state index contributed by atoms with van der Waals surface area (Å²) in [7, 11) is 0. The van der Waals surface area contributed by atoms with Crippen molar-refractivity contribution in [1.29, 1.82) is 0 Å². The molecule has 2 unspecified atom stereocenters. The van der Waals surface area contributed by atoms with Crippen LogP contribution in [0.25, 0.3) is 0 Å². The van der Waals surface area contributed by atoms with Crippen LogP contribution in [-0.4, -0.2) is 16.8 Å². The van der Waals surface area contributed by atoms with Crippen molar-refractivity contribution in [3.8, 4) is 0 Å². The fourth-order valence-corrected chi connectivity index (χ4v) is 4.48. The third kappa shape index (κ3) is 4.21. The molecule has 0 heterocycles. The summed E-state index contributed by atoms with van der Waals surface area (Å²) in [6, 6.07) is 0. The lowest BCUT2D eigenvalue weighted by atomic mass is 9.77. The number of carbonyl (C=O) groups is 1. The Kier molecular flexibility index (Phi) is 5.73. The van der Waals surface area contributed by atoms with Crippen molar-refractivity contribution in [2.45, 2.75) is 76.7 Å². The van der Waals surface area contributed by atoms with Crippen LogP contribution in [-0.2, 0) is 4.79 Å². The second-order valence-electron chi connectivity index (χ2n) is 6.79. The molecule has 0 aromatic carbocycles. The maximum atomic E-state index is 12.6. The van der Waals surface area contributed by atoms with Crippen molar-refractivity contribution in [1.82, 2.24) is 5.32 Å². The molecule has 0 spiro atoms. The molecule has 2 aliphatic carbocycles. The van der Waals surface area contributed by atoms with E-state index in [9.17, 15) is 4.79 Å². The van der Waals surface area contributed by atoms with Crippen molar-refractivity contribution in [3.05, 3.63) is 0 Å². The van der Waals surface area contributed by atoms with E-state index < -0.39 is 0 Å². The first-order valence-electron chi connectivity index (χ1n) is 8.03. The molecule has 2 nitrogen and oxygen atoms in total.